The van der Waals surface area contributed by atoms with Gasteiger partial charge in [-0.15, -0.1) is 0 Å². The van der Waals surface area contributed by atoms with Crippen LogP contribution in [0.3, 0.4) is 0 Å². The summed E-state index contributed by atoms with van der Waals surface area (Å²) in [6.45, 7) is -1.53. The second kappa shape index (κ2) is 18.4. The molecule has 19 unspecified atom stereocenters. The lowest BCUT2D eigenvalue weighted by atomic mass is 9.84. The van der Waals surface area contributed by atoms with Gasteiger partial charge in [0, 0.05) is 12.1 Å². The van der Waals surface area contributed by atoms with Crippen molar-refractivity contribution in [3.05, 3.63) is 0 Å². The van der Waals surface area contributed by atoms with Crippen LogP contribution in [-0.4, -0.2) is 204 Å². The molecule has 19 atom stereocenters. The molecule has 0 spiro atoms. The number of nitrogens with two attached hydrogens (primary N) is 4. The van der Waals surface area contributed by atoms with Crippen molar-refractivity contribution in [1.82, 2.24) is 0 Å². The molecule has 0 aromatic heterocycles. The minimum absolute atomic E-state index is 0.0492. The third-order valence-corrected chi connectivity index (χ3v) is 8.92. The Balaban J connectivity index is 1.52. The third-order valence-electron chi connectivity index (χ3n) is 8.92. The number of ether oxygens (including phenoxy) is 7. The number of hydrogen-bond acceptors (Lipinski definition) is 22. The van der Waals surface area contributed by atoms with Crippen LogP contribution in [0.4, 0.5) is 0 Å². The summed E-state index contributed by atoms with van der Waals surface area (Å²) in [7, 11) is 1.26. The van der Waals surface area contributed by atoms with Crippen LogP contribution >= 0.6 is 0 Å². The molecular formula is C27H51N5O17. The molecule has 286 valence electrons. The molecule has 0 aromatic rings. The van der Waals surface area contributed by atoms with Crippen LogP contribution in [0.25, 0.3) is 0 Å². The molecule has 0 amide bonds. The maximum absolute atomic E-state index is 11.4. The zero-order chi connectivity index (χ0) is 36.0. The molecule has 0 radical (unpaired) electrons. The summed E-state index contributed by atoms with van der Waals surface area (Å²) in [5, 5.41) is 83.1. The van der Waals surface area contributed by atoms with Crippen molar-refractivity contribution in [2.24, 2.45) is 27.9 Å². The normalized spacial score (nSPS) is 47.9. The molecule has 4 aliphatic rings. The minimum atomic E-state index is -1.64. The van der Waals surface area contributed by atoms with Crippen molar-refractivity contribution in [2.75, 3.05) is 40.1 Å². The largest absolute Gasteiger partial charge is 0.394 e. The lowest BCUT2D eigenvalue weighted by Crippen LogP contribution is -2.68. The number of aliphatic hydroxyl groups excluding tert-OH is 8. The van der Waals surface area contributed by atoms with Crippen molar-refractivity contribution >= 4 is 6.40 Å². The molecule has 3 aliphatic heterocycles. The lowest BCUT2D eigenvalue weighted by Gasteiger charge is -2.47. The van der Waals surface area contributed by atoms with E-state index in [0.29, 0.717) is 0 Å². The molecule has 3 saturated heterocycles. The highest BCUT2D eigenvalue weighted by molar-refractivity contribution is 5.45. The number of rotatable bonds is 15. The SMILES string of the molecule is COO/C=N/CC1OC(OC2C(COCCO)OC(OC3C(O)C(N)CC(N)C3OC3OC(CO)C(O)C(O)C3N)C2O)C(N)C(O)C1O. The average Bonchev–Trinajstić information content (AvgIpc) is 3.37. The minimum Gasteiger partial charge on any atom is -0.394 e. The highest BCUT2D eigenvalue weighted by atomic mass is 17.2. The van der Waals surface area contributed by atoms with Gasteiger partial charge in [0.05, 0.1) is 58.3 Å². The van der Waals surface area contributed by atoms with E-state index in [-0.39, 0.29) is 32.8 Å². The van der Waals surface area contributed by atoms with Gasteiger partial charge in [-0.05, 0) is 6.42 Å². The van der Waals surface area contributed by atoms with E-state index >= 15 is 0 Å². The molecule has 49 heavy (non-hydrogen) atoms. The van der Waals surface area contributed by atoms with Crippen LogP contribution in [0.1, 0.15) is 6.42 Å². The summed E-state index contributed by atoms with van der Waals surface area (Å²) < 4.78 is 40.8. The molecular weight excluding hydrogens is 666 g/mol. The summed E-state index contributed by atoms with van der Waals surface area (Å²) >= 11 is 0. The standard InChI is InChI=1S/C27H51N5O17/c1-41-43-8-32-5-11-17(36)19(38)14(30)25(44-11)48-23-13(7-42-3-2-33)46-27(21(23)40)49-24-16(35)9(28)4-10(29)22(24)47-26-15(31)20(39)18(37)12(6-34)45-26/h8-27,33-40H,2-7,28-31H2,1H3/b32-8+. The molecule has 1 saturated carbocycles. The average molecular weight is 718 g/mol. The number of aliphatic hydroxyl groups is 8. The molecule has 1 aliphatic carbocycles. The second-order valence-electron chi connectivity index (χ2n) is 12.3. The van der Waals surface area contributed by atoms with Gasteiger partial charge < -0.3 is 102 Å². The number of nitrogens with zero attached hydrogens (tertiary/aromatic N) is 1. The third kappa shape index (κ3) is 9.37. The molecule has 22 heteroatoms. The summed E-state index contributed by atoms with van der Waals surface area (Å²) in [6.07, 6.45) is -19.9. The monoisotopic (exact) mass is 717 g/mol. The van der Waals surface area contributed by atoms with Gasteiger partial charge in [0.2, 0.25) is 6.40 Å². The lowest BCUT2D eigenvalue weighted by molar-refractivity contribution is -0.310. The fourth-order valence-corrected chi connectivity index (χ4v) is 6.13. The Kier molecular flexibility index (Phi) is 15.2. The Morgan fingerprint density at radius 1 is 0.673 bits per heavy atom. The van der Waals surface area contributed by atoms with Crippen molar-refractivity contribution in [3.8, 4) is 0 Å². The van der Waals surface area contributed by atoms with Crippen LogP contribution < -0.4 is 22.9 Å². The van der Waals surface area contributed by atoms with E-state index in [1.165, 1.54) is 7.11 Å². The highest BCUT2D eigenvalue weighted by Crippen LogP contribution is 2.34. The predicted molar refractivity (Wildman–Crippen MR) is 160 cm³/mol. The van der Waals surface area contributed by atoms with Crippen LogP contribution in [0.2, 0.25) is 0 Å². The van der Waals surface area contributed by atoms with Gasteiger partial charge in [-0.2, -0.15) is 4.89 Å². The number of hydrogen-bond donors (Lipinski definition) is 12. The van der Waals surface area contributed by atoms with E-state index in [4.69, 9.17) is 56.1 Å². The van der Waals surface area contributed by atoms with Crippen LogP contribution in [-0.2, 0) is 42.9 Å². The molecule has 16 N–H and O–H groups in total. The maximum Gasteiger partial charge on any atom is 0.214 e. The smallest absolute Gasteiger partial charge is 0.214 e. The van der Waals surface area contributed by atoms with Crippen LogP contribution in [0.15, 0.2) is 4.99 Å². The van der Waals surface area contributed by atoms with E-state index in [9.17, 15) is 40.9 Å². The summed E-state index contributed by atoms with van der Waals surface area (Å²) in [5.74, 6) is 0. The quantitative estimate of drug-likeness (QED) is 0.0246. The van der Waals surface area contributed by atoms with Crippen molar-refractivity contribution < 1.29 is 83.8 Å². The highest BCUT2D eigenvalue weighted by Gasteiger charge is 2.54. The first-order chi connectivity index (χ1) is 23.3. The first kappa shape index (κ1) is 40.4. The van der Waals surface area contributed by atoms with E-state index in [1.54, 1.807) is 0 Å². The molecule has 0 aromatic carbocycles. The summed E-state index contributed by atoms with van der Waals surface area (Å²) in [4.78, 5) is 12.9. The zero-order valence-corrected chi connectivity index (χ0v) is 26.8. The van der Waals surface area contributed by atoms with Gasteiger partial charge >= 0.3 is 0 Å². The van der Waals surface area contributed by atoms with Gasteiger partial charge in [-0.3, -0.25) is 4.99 Å². The van der Waals surface area contributed by atoms with Crippen LogP contribution in [0, 0.1) is 0 Å². The van der Waals surface area contributed by atoms with Gasteiger partial charge in [-0.25, -0.2) is 0 Å². The van der Waals surface area contributed by atoms with Crippen molar-refractivity contribution in [1.29, 1.82) is 0 Å². The second-order valence-corrected chi connectivity index (χ2v) is 12.3. The molecule has 0 bridgehead atoms. The Morgan fingerprint density at radius 3 is 1.86 bits per heavy atom. The first-order valence-corrected chi connectivity index (χ1v) is 15.8. The Labute approximate surface area is 281 Å². The topological polar surface area (TPSA) is 361 Å². The van der Waals surface area contributed by atoms with E-state index < -0.39 is 123 Å². The van der Waals surface area contributed by atoms with Gasteiger partial charge in [0.25, 0.3) is 0 Å². The molecule has 4 rings (SSSR count). The number of aliphatic imine (C=N–C) groups is 1. The van der Waals surface area contributed by atoms with Crippen molar-refractivity contribution in [2.45, 2.75) is 123 Å². The fourth-order valence-electron chi connectivity index (χ4n) is 6.13. The fraction of sp³-hybridized carbons (Fsp3) is 0.963. The Bertz CT molecular complexity index is 1020. The molecule has 3 heterocycles. The summed E-state index contributed by atoms with van der Waals surface area (Å²) in [6, 6.07) is -4.42. The molecule has 22 nitrogen and oxygen atoms in total. The zero-order valence-electron chi connectivity index (χ0n) is 26.8. The van der Waals surface area contributed by atoms with E-state index in [2.05, 4.69) is 14.8 Å². The van der Waals surface area contributed by atoms with E-state index in [0.717, 1.165) is 6.40 Å². The van der Waals surface area contributed by atoms with Gasteiger partial charge in [0.1, 0.15) is 67.1 Å². The predicted octanol–water partition coefficient (Wildman–Crippen LogP) is -8.20. The maximum atomic E-state index is 11.4. The Hall–Kier alpha value is -1.33. The van der Waals surface area contributed by atoms with Gasteiger partial charge in [0.15, 0.2) is 18.9 Å². The van der Waals surface area contributed by atoms with E-state index in [1.807, 2.05) is 0 Å². The van der Waals surface area contributed by atoms with Crippen LogP contribution in [0.5, 0.6) is 0 Å². The molecule has 4 fully saturated rings. The Morgan fingerprint density at radius 2 is 1.24 bits per heavy atom. The van der Waals surface area contributed by atoms with Crippen molar-refractivity contribution in [3.63, 3.8) is 0 Å². The first-order valence-electron chi connectivity index (χ1n) is 15.8. The van der Waals surface area contributed by atoms with Gasteiger partial charge in [-0.1, -0.05) is 0 Å². The summed E-state index contributed by atoms with van der Waals surface area (Å²) in [5.41, 5.74) is 24.7.